The molecule has 0 saturated heterocycles. The largest absolute Gasteiger partial charge is 0.392 e. The van der Waals surface area contributed by atoms with Crippen molar-refractivity contribution >= 4 is 93.0 Å². The maximum absolute atomic E-state index is 13.2. The van der Waals surface area contributed by atoms with Gasteiger partial charge in [-0.1, -0.05) is 189 Å². The van der Waals surface area contributed by atoms with E-state index in [0.29, 0.717) is 24.3 Å². The van der Waals surface area contributed by atoms with Gasteiger partial charge in [-0.2, -0.15) is 0 Å². The van der Waals surface area contributed by atoms with Crippen LogP contribution in [0.15, 0.2) is 70.5 Å². The second kappa shape index (κ2) is 51.2. The zero-order chi connectivity index (χ0) is 93.7. The topological polar surface area (TPSA) is 420 Å². The van der Waals surface area contributed by atoms with Crippen molar-refractivity contribution in [3.63, 3.8) is 0 Å². The second-order valence-electron chi connectivity index (χ2n) is 39.0. The number of carbonyl (C=O) groups is 8. The Bertz CT molecular complexity index is 3540. The van der Waals surface area contributed by atoms with E-state index in [1.54, 1.807) is 127 Å². The third-order valence-electron chi connectivity index (χ3n) is 29.2. The first kappa shape index (κ1) is 113. The number of benzene rings is 2. The van der Waals surface area contributed by atoms with Gasteiger partial charge in [0.15, 0.2) is 11.6 Å². The number of ketones is 8. The first-order valence-electron chi connectivity index (χ1n) is 44.8. The molecule has 0 radical (unpaired) electrons. The van der Waals surface area contributed by atoms with E-state index in [-0.39, 0.29) is 150 Å². The van der Waals surface area contributed by atoms with Crippen molar-refractivity contribution in [3.8, 4) is 0 Å². The molecule has 4 aliphatic rings. The molecular weight excluding hydrogens is 1640 g/mol. The average Bonchev–Trinajstić information content (AvgIpc) is 0.858. The van der Waals surface area contributed by atoms with Crippen molar-refractivity contribution in [2.24, 2.45) is 154 Å². The van der Waals surface area contributed by atoms with Gasteiger partial charge in [0, 0.05) is 142 Å². The first-order valence-corrected chi connectivity index (χ1v) is 47.8. The summed E-state index contributed by atoms with van der Waals surface area (Å²) in [5.41, 5.74) is -3.46. The van der Waals surface area contributed by atoms with E-state index >= 15 is 0 Å². The molecule has 0 aliphatic heterocycles. The van der Waals surface area contributed by atoms with E-state index in [0.717, 1.165) is 9.79 Å². The van der Waals surface area contributed by atoms with Crippen LogP contribution in [-0.2, 0) is 38.4 Å². The Kier molecular flexibility index (Phi) is 47.3. The SMILES string of the molecule is C[C@@H]1[C@@H](O)[C@@H](C)C[C@@H](C)C(=O)[C@H](C)[C@@H](O)[C@@H](C)[C@@H](CCl)CC(=O)[C@H](C)[C@H]1O.C[C@@H]1[C@@H](O)[C@@H](C)C[C@@H](C)C(=O)[C@H](C)[C@@H](O)[C@@H](C)[C@@H](CSc2ccccc2)CC(=O)[C@H](C)[C@H]1O.C[C@@H]1[C@@H](O)[C@@H](C)C[C@](C)(O)C(=O)[C@H](C)[C@@H](O)[C@@H](C)[C@@H](CCl)CC(=O)[C@H](C)[C@H]1O.C[C@@H]1[C@@H](O)[C@@H](C)C[C@](C)(O)C(=O)[C@H](C)[C@@H](O)[C@@H](C)[C@@H](CSc2ccccc2)CC(=O)[C@H](C)[C@H]1O. The van der Waals surface area contributed by atoms with Crippen LogP contribution >= 0.6 is 46.7 Å². The minimum Gasteiger partial charge on any atom is -0.392 e. The molecule has 122 heavy (non-hydrogen) atoms. The summed E-state index contributed by atoms with van der Waals surface area (Å²) in [4.78, 5) is 106. The molecule has 22 nitrogen and oxygen atoms in total. The third kappa shape index (κ3) is 30.8. The van der Waals surface area contributed by atoms with E-state index in [1.165, 1.54) is 13.8 Å². The lowest BCUT2D eigenvalue weighted by atomic mass is 9.72. The van der Waals surface area contributed by atoms with Gasteiger partial charge in [-0.3, -0.25) is 38.4 Å². The normalized spacial score (nSPS) is 43.4. The van der Waals surface area contributed by atoms with Gasteiger partial charge in [0.05, 0.1) is 73.2 Å². The lowest BCUT2D eigenvalue weighted by Crippen LogP contribution is -2.49. The summed E-state index contributed by atoms with van der Waals surface area (Å²) < 4.78 is 0. The Morgan fingerprint density at radius 3 is 0.754 bits per heavy atom. The van der Waals surface area contributed by atoms with Gasteiger partial charge in [-0.25, -0.2) is 0 Å². The molecule has 0 spiro atoms. The third-order valence-corrected chi connectivity index (χ3v) is 32.4. The maximum atomic E-state index is 13.2. The number of rotatable bonds is 8. The molecule has 0 heterocycles. The van der Waals surface area contributed by atoms with Crippen LogP contribution in [0, 0.1) is 154 Å². The van der Waals surface area contributed by atoms with Crippen molar-refractivity contribution < 1.29 is 110 Å². The number of aliphatic hydroxyl groups is 14. The van der Waals surface area contributed by atoms with Crippen LogP contribution in [0.5, 0.6) is 0 Å². The predicted octanol–water partition coefficient (Wildman–Crippen LogP) is 12.0. The zero-order valence-corrected chi connectivity index (χ0v) is 80.4. The van der Waals surface area contributed by atoms with Gasteiger partial charge in [0.1, 0.15) is 45.9 Å². The van der Waals surface area contributed by atoms with Crippen LogP contribution in [0.4, 0.5) is 0 Å². The van der Waals surface area contributed by atoms with Gasteiger partial charge >= 0.3 is 0 Å². The highest BCUT2D eigenvalue weighted by Crippen LogP contribution is 2.42. The van der Waals surface area contributed by atoms with Gasteiger partial charge in [-0.15, -0.1) is 46.7 Å². The van der Waals surface area contributed by atoms with E-state index in [9.17, 15) is 110 Å². The van der Waals surface area contributed by atoms with Gasteiger partial charge in [0.25, 0.3) is 0 Å². The number of alkyl halides is 2. The summed E-state index contributed by atoms with van der Waals surface area (Å²) >= 11 is 15.3. The lowest BCUT2D eigenvalue weighted by Gasteiger charge is -2.38. The molecule has 14 N–H and O–H groups in total. The van der Waals surface area contributed by atoms with Crippen LogP contribution in [0.25, 0.3) is 0 Å². The minimum atomic E-state index is -1.73. The molecule has 6 rings (SSSR count). The summed E-state index contributed by atoms with van der Waals surface area (Å²) in [6, 6.07) is 19.7. The van der Waals surface area contributed by atoms with E-state index in [2.05, 4.69) is 0 Å². The molecule has 0 unspecified atom stereocenters. The van der Waals surface area contributed by atoms with Gasteiger partial charge in [-0.05, 0) is 135 Å². The lowest BCUT2D eigenvalue weighted by molar-refractivity contribution is -0.149. The number of thioether (sulfide) groups is 2. The Balaban J connectivity index is 0.000000422. The van der Waals surface area contributed by atoms with Gasteiger partial charge in [0.2, 0.25) is 0 Å². The van der Waals surface area contributed by atoms with Crippen LogP contribution in [0.1, 0.15) is 218 Å². The summed E-state index contributed by atoms with van der Waals surface area (Å²) in [6.45, 7) is 41.2. The van der Waals surface area contributed by atoms with Crippen molar-refractivity contribution in [3.05, 3.63) is 60.7 Å². The molecule has 4 fully saturated rings. The van der Waals surface area contributed by atoms with Crippen LogP contribution in [0.3, 0.4) is 0 Å². The molecule has 0 aromatic heterocycles. The molecule has 2 aromatic carbocycles. The number of carbonyl (C=O) groups excluding carboxylic acids is 8. The fourth-order valence-corrected chi connectivity index (χ4v) is 22.2. The smallest absolute Gasteiger partial charge is 0.169 e. The van der Waals surface area contributed by atoms with Gasteiger partial charge < -0.3 is 71.5 Å². The van der Waals surface area contributed by atoms with Crippen molar-refractivity contribution in [1.82, 2.24) is 0 Å². The van der Waals surface area contributed by atoms with E-state index in [4.69, 9.17) is 23.2 Å². The number of Topliss-reactive ketones (excluding diaryl/α,β-unsaturated/α-hetero) is 8. The molecule has 40 atom stereocenters. The quantitative estimate of drug-likeness (QED) is 0.0862. The Morgan fingerprint density at radius 1 is 0.295 bits per heavy atom. The molecule has 0 amide bonds. The Labute approximate surface area is 747 Å². The molecule has 2 aromatic rings. The fourth-order valence-electron chi connectivity index (χ4n) is 19.0. The number of hydrogen-bond acceptors (Lipinski definition) is 24. The average molecular weight is 1800 g/mol. The zero-order valence-electron chi connectivity index (χ0n) is 77.3. The molecular formula is C96H158Cl2O22S2. The van der Waals surface area contributed by atoms with Crippen molar-refractivity contribution in [1.29, 1.82) is 0 Å². The van der Waals surface area contributed by atoms with Crippen LogP contribution < -0.4 is 0 Å². The monoisotopic (exact) mass is 1800 g/mol. The summed E-state index contributed by atoms with van der Waals surface area (Å²) in [6.07, 6.45) is -10.1. The highest BCUT2D eigenvalue weighted by atomic mass is 35.5. The van der Waals surface area contributed by atoms with Crippen LogP contribution in [0.2, 0.25) is 0 Å². The molecule has 4 saturated carbocycles. The minimum absolute atomic E-state index is 0.00881. The standard InChI is InChI=1S/C27H42O6S.C27H42O5S.C21H37ClO6.C21H37ClO5/c1-15-13-27(6,33)26(32)19(5)24(30)16(2)20(14-34-21-10-8-7-9-11-21)12-22(28)17(3)25(31)18(4)23(15)29;1-15-12-16(2)25(30)20(6)27(32)18(4)23(28)13-21(14-33-22-10-8-7-9-11-22)17(3)26(31)19(5)24(15)29;1-10-8-21(6,28)20(27)14(5)18(25)11(2)15(9-22)7-16(23)12(3)19(26)13(4)17(10)24;1-10-7-11(2)19(25)15(6)21(27)13(4)17(23)8-16(9-22)12(3)20(26)14(5)18(10)24/h7-11,15-20,23-25,29-31,33H,12-14H2,1-6H3;7-11,15-21,25-27,30-32H,12-14H2,1-6H3;10-15,17-19,24-26,28H,7-9H2,1-6H3;10-16,19-21,25-27H,7-9H2,1-6H3/t15-,16-,17-,18+,19+,20+,23-,24-,25+,27-;15-,16+,17+,18+,19+,20-,21-,25+,26+,27-;10-,11-,12-,13+,14+,15+,17-,18-,19+,21-;10-,11+,12+,13+,14+,15-,16-,19+,20+,21-/m0101/s1. The highest BCUT2D eigenvalue weighted by Gasteiger charge is 2.49. The summed E-state index contributed by atoms with van der Waals surface area (Å²) in [5, 5.41) is 151. The number of halogens is 2. The predicted molar refractivity (Wildman–Crippen MR) is 482 cm³/mol. The molecule has 26 heteroatoms. The maximum Gasteiger partial charge on any atom is 0.169 e. The Hall–Kier alpha value is -3.48. The fraction of sp³-hybridized carbons (Fsp3) is 0.792. The first-order chi connectivity index (χ1) is 56.4. The van der Waals surface area contributed by atoms with E-state index in [1.807, 2.05) is 109 Å². The molecule has 700 valence electrons. The van der Waals surface area contributed by atoms with Crippen LogP contribution in [-0.4, -0.2) is 225 Å². The Morgan fingerprint density at radius 2 is 0.508 bits per heavy atom. The summed E-state index contributed by atoms with van der Waals surface area (Å²) in [7, 11) is 0. The molecule has 4 aliphatic carbocycles. The highest BCUT2D eigenvalue weighted by molar-refractivity contribution is 7.99. The van der Waals surface area contributed by atoms with E-state index < -0.39 is 185 Å². The van der Waals surface area contributed by atoms with Crippen molar-refractivity contribution in [2.45, 2.75) is 312 Å². The van der Waals surface area contributed by atoms with Crippen molar-refractivity contribution in [2.75, 3.05) is 23.3 Å². The second-order valence-corrected chi connectivity index (χ2v) is 41.8. The number of hydrogen-bond donors (Lipinski definition) is 14. The number of aliphatic hydroxyl groups excluding tert-OH is 12. The summed E-state index contributed by atoms with van der Waals surface area (Å²) in [5.74, 6) is -12.2. The molecule has 0 bridgehead atoms.